The van der Waals surface area contributed by atoms with Crippen molar-refractivity contribution in [3.8, 4) is 0 Å². The molecule has 6 heteroatoms. The van der Waals surface area contributed by atoms with Gasteiger partial charge in [0.1, 0.15) is 6.54 Å². The van der Waals surface area contributed by atoms with Gasteiger partial charge in [0.2, 0.25) is 5.91 Å². The summed E-state index contributed by atoms with van der Waals surface area (Å²) in [6.45, 7) is 0.190. The van der Waals surface area contributed by atoms with Gasteiger partial charge in [-0.05, 0) is 24.4 Å². The van der Waals surface area contributed by atoms with E-state index in [4.69, 9.17) is 23.8 Å². The van der Waals surface area contributed by atoms with E-state index in [9.17, 15) is 4.79 Å². The molecule has 0 saturated heterocycles. The predicted molar refractivity (Wildman–Crippen MR) is 66.2 cm³/mol. The third-order valence-electron chi connectivity index (χ3n) is 2.34. The Hall–Kier alpha value is -1.33. The molecule has 0 fully saturated rings. The number of amides is 1. The highest BCUT2D eigenvalue weighted by Crippen LogP contribution is 2.22. The van der Waals surface area contributed by atoms with Crippen molar-refractivity contribution >= 4 is 40.8 Å². The molecule has 84 valence electrons. The van der Waals surface area contributed by atoms with E-state index < -0.39 is 0 Å². The van der Waals surface area contributed by atoms with Crippen molar-refractivity contribution in [2.75, 3.05) is 7.05 Å². The number of nitrogens with zero attached hydrogens (tertiary/aromatic N) is 1. The van der Waals surface area contributed by atoms with Crippen molar-refractivity contribution < 1.29 is 4.79 Å². The van der Waals surface area contributed by atoms with Crippen molar-refractivity contribution in [1.29, 1.82) is 0 Å². The van der Waals surface area contributed by atoms with Crippen LogP contribution in [0.4, 0.5) is 0 Å². The lowest BCUT2D eigenvalue weighted by Crippen LogP contribution is -2.23. The molecule has 2 N–H and O–H groups in total. The van der Waals surface area contributed by atoms with E-state index in [1.54, 1.807) is 17.7 Å². The van der Waals surface area contributed by atoms with E-state index in [0.717, 1.165) is 11.0 Å². The quantitative estimate of drug-likeness (QED) is 0.808. The van der Waals surface area contributed by atoms with Crippen molar-refractivity contribution in [3.05, 3.63) is 28.0 Å². The smallest absolute Gasteiger partial charge is 0.239 e. The van der Waals surface area contributed by atoms with Crippen molar-refractivity contribution in [2.24, 2.45) is 0 Å². The number of imidazole rings is 1. The number of hydrogen-bond donors (Lipinski definition) is 2. The van der Waals surface area contributed by atoms with Gasteiger partial charge in [-0.2, -0.15) is 0 Å². The monoisotopic (exact) mass is 255 g/mol. The zero-order valence-electron chi connectivity index (χ0n) is 8.58. The van der Waals surface area contributed by atoms with Crippen LogP contribution in [0, 0.1) is 4.77 Å². The van der Waals surface area contributed by atoms with Crippen LogP contribution in [0.25, 0.3) is 11.0 Å². The van der Waals surface area contributed by atoms with Gasteiger partial charge in [-0.25, -0.2) is 0 Å². The number of aromatic amines is 1. The van der Waals surface area contributed by atoms with Gasteiger partial charge in [0.05, 0.1) is 16.1 Å². The first-order valence-electron chi connectivity index (χ1n) is 4.71. The molecule has 1 amide bonds. The van der Waals surface area contributed by atoms with Crippen molar-refractivity contribution in [3.63, 3.8) is 0 Å². The number of carbonyl (C=O) groups is 1. The number of fused-ring (bicyclic) bond motifs is 1. The molecule has 0 aliphatic heterocycles. The SMILES string of the molecule is CNC(=O)Cn1c(=S)[nH]c2c(Cl)cccc21. The Bertz CT molecular complexity index is 602. The first-order valence-corrected chi connectivity index (χ1v) is 5.49. The second-order valence-corrected chi connectivity index (χ2v) is 4.12. The zero-order chi connectivity index (χ0) is 11.7. The van der Waals surface area contributed by atoms with Gasteiger partial charge >= 0.3 is 0 Å². The van der Waals surface area contributed by atoms with Gasteiger partial charge in [-0.3, -0.25) is 4.79 Å². The molecule has 0 spiro atoms. The van der Waals surface area contributed by atoms with Gasteiger partial charge in [0.25, 0.3) is 0 Å². The van der Waals surface area contributed by atoms with Crippen LogP contribution in [-0.4, -0.2) is 22.5 Å². The lowest BCUT2D eigenvalue weighted by atomic mass is 10.3. The number of benzene rings is 1. The van der Waals surface area contributed by atoms with E-state index in [1.807, 2.05) is 12.1 Å². The molecule has 0 unspecified atom stereocenters. The Morgan fingerprint density at radius 3 is 3.06 bits per heavy atom. The fourth-order valence-corrected chi connectivity index (χ4v) is 2.01. The number of carbonyl (C=O) groups excluding carboxylic acids is 1. The van der Waals surface area contributed by atoms with Crippen LogP contribution in [-0.2, 0) is 11.3 Å². The summed E-state index contributed by atoms with van der Waals surface area (Å²) in [7, 11) is 1.59. The van der Waals surface area contributed by atoms with E-state index in [-0.39, 0.29) is 12.5 Å². The number of para-hydroxylation sites is 1. The molecule has 0 aliphatic carbocycles. The normalized spacial score (nSPS) is 10.6. The summed E-state index contributed by atoms with van der Waals surface area (Å²) in [6.07, 6.45) is 0. The second-order valence-electron chi connectivity index (χ2n) is 3.32. The lowest BCUT2D eigenvalue weighted by Gasteiger charge is -2.02. The highest BCUT2D eigenvalue weighted by atomic mass is 35.5. The molecule has 0 aliphatic rings. The maximum atomic E-state index is 11.3. The van der Waals surface area contributed by atoms with Gasteiger partial charge in [0.15, 0.2) is 4.77 Å². The summed E-state index contributed by atoms with van der Waals surface area (Å²) >= 11 is 11.2. The molecule has 1 aromatic heterocycles. The molecule has 1 heterocycles. The number of nitrogens with one attached hydrogen (secondary N) is 2. The van der Waals surface area contributed by atoms with Crippen LogP contribution in [0.1, 0.15) is 0 Å². The Kier molecular flexibility index (Phi) is 2.98. The molecule has 1 aromatic carbocycles. The van der Waals surface area contributed by atoms with Crippen LogP contribution in [0.5, 0.6) is 0 Å². The van der Waals surface area contributed by atoms with E-state index in [1.165, 1.54) is 0 Å². The van der Waals surface area contributed by atoms with Crippen LogP contribution in [0.3, 0.4) is 0 Å². The molecule has 16 heavy (non-hydrogen) atoms. The summed E-state index contributed by atoms with van der Waals surface area (Å²) in [4.78, 5) is 14.3. The Morgan fingerprint density at radius 1 is 1.62 bits per heavy atom. The third-order valence-corrected chi connectivity index (χ3v) is 2.98. The summed E-state index contributed by atoms with van der Waals surface area (Å²) in [5.74, 6) is -0.100. The molecule has 4 nitrogen and oxygen atoms in total. The van der Waals surface area contributed by atoms with E-state index in [2.05, 4.69) is 10.3 Å². The summed E-state index contributed by atoms with van der Waals surface area (Å²) in [5, 5.41) is 3.15. The molecular formula is C10H10ClN3OS. The molecule has 2 rings (SSSR count). The molecule has 0 atom stereocenters. The first kappa shape index (κ1) is 11.2. The molecule has 0 saturated carbocycles. The maximum absolute atomic E-state index is 11.3. The maximum Gasteiger partial charge on any atom is 0.239 e. The van der Waals surface area contributed by atoms with E-state index in [0.29, 0.717) is 9.79 Å². The molecule has 0 radical (unpaired) electrons. The highest BCUT2D eigenvalue weighted by molar-refractivity contribution is 7.71. The van der Waals surface area contributed by atoms with Crippen LogP contribution in [0.2, 0.25) is 5.02 Å². The van der Waals surface area contributed by atoms with Crippen molar-refractivity contribution in [2.45, 2.75) is 6.54 Å². The average molecular weight is 256 g/mol. The average Bonchev–Trinajstić information content (AvgIpc) is 2.58. The summed E-state index contributed by atoms with van der Waals surface area (Å²) in [6, 6.07) is 5.48. The third kappa shape index (κ3) is 1.83. The minimum atomic E-state index is -0.100. The molecule has 0 bridgehead atoms. The Balaban J connectivity index is 2.61. The lowest BCUT2D eigenvalue weighted by molar-refractivity contribution is -0.121. The summed E-state index contributed by atoms with van der Waals surface area (Å²) < 4.78 is 2.21. The Morgan fingerprint density at radius 2 is 2.38 bits per heavy atom. The number of rotatable bonds is 2. The van der Waals surface area contributed by atoms with Crippen LogP contribution < -0.4 is 5.32 Å². The molecular weight excluding hydrogens is 246 g/mol. The van der Waals surface area contributed by atoms with E-state index >= 15 is 0 Å². The van der Waals surface area contributed by atoms with Crippen molar-refractivity contribution in [1.82, 2.24) is 14.9 Å². The predicted octanol–water partition coefficient (Wildman–Crippen LogP) is 2.10. The number of H-pyrrole nitrogens is 1. The number of aromatic nitrogens is 2. The first-order chi connectivity index (χ1) is 7.63. The molecule has 2 aromatic rings. The zero-order valence-corrected chi connectivity index (χ0v) is 10.2. The topological polar surface area (TPSA) is 49.8 Å². The van der Waals surface area contributed by atoms with Crippen LogP contribution >= 0.6 is 23.8 Å². The van der Waals surface area contributed by atoms with Crippen LogP contribution in [0.15, 0.2) is 18.2 Å². The van der Waals surface area contributed by atoms with Gasteiger partial charge in [-0.1, -0.05) is 17.7 Å². The van der Waals surface area contributed by atoms with Gasteiger partial charge < -0.3 is 14.9 Å². The fraction of sp³-hybridized carbons (Fsp3) is 0.200. The van der Waals surface area contributed by atoms with Gasteiger partial charge in [0, 0.05) is 7.05 Å². The second kappa shape index (κ2) is 4.27. The Labute approximate surface area is 102 Å². The number of halogens is 1. The highest BCUT2D eigenvalue weighted by Gasteiger charge is 2.09. The largest absolute Gasteiger partial charge is 0.358 e. The minimum Gasteiger partial charge on any atom is -0.358 e. The standard InChI is InChI=1S/C10H10ClN3OS/c1-12-8(15)5-14-7-4-2-3-6(11)9(7)13-10(14)16/h2-4H,5H2,1H3,(H,12,15)(H,13,16). The van der Waals surface area contributed by atoms with Gasteiger partial charge in [-0.15, -0.1) is 0 Å². The summed E-state index contributed by atoms with van der Waals surface area (Å²) in [5.41, 5.74) is 1.60. The fourth-order valence-electron chi connectivity index (χ4n) is 1.52. The minimum absolute atomic E-state index is 0.100. The number of hydrogen-bond acceptors (Lipinski definition) is 2. The number of likely N-dealkylation sites (N-methyl/N-ethyl adjacent to an activating group) is 1.